The Balaban J connectivity index is 1.24. The van der Waals surface area contributed by atoms with Crippen molar-refractivity contribution in [3.05, 3.63) is 199 Å². The first-order valence-corrected chi connectivity index (χ1v) is 17.4. The van der Waals surface area contributed by atoms with Gasteiger partial charge in [0.1, 0.15) is 0 Å². The summed E-state index contributed by atoms with van der Waals surface area (Å²) in [6.07, 6.45) is 0. The Morgan fingerprint density at radius 3 is 1.76 bits per heavy atom. The number of anilines is 3. The first kappa shape index (κ1) is 29.9. The van der Waals surface area contributed by atoms with E-state index in [2.05, 4.69) is 207 Å². The van der Waals surface area contributed by atoms with Gasteiger partial charge >= 0.3 is 0 Å². The molecule has 0 aliphatic heterocycles. The van der Waals surface area contributed by atoms with E-state index in [0.717, 1.165) is 11.4 Å². The van der Waals surface area contributed by atoms with Crippen LogP contribution < -0.4 is 4.90 Å². The molecule has 9 rings (SSSR count). The van der Waals surface area contributed by atoms with Gasteiger partial charge in [-0.05, 0) is 91.7 Å². The first-order valence-electron chi connectivity index (χ1n) is 17.4. The predicted octanol–water partition coefficient (Wildman–Crippen LogP) is 13.6. The van der Waals surface area contributed by atoms with Crippen LogP contribution in [0.3, 0.4) is 0 Å². The Bertz CT molecular complexity index is 2510. The summed E-state index contributed by atoms with van der Waals surface area (Å²) in [5.41, 5.74) is 15.9. The van der Waals surface area contributed by atoms with Crippen molar-refractivity contribution in [3.8, 4) is 44.5 Å². The SMILES string of the molecule is CC1(C)c2ccccc2-c2c(N(c3ccc(-c4ccc5ccccc5c4)cc3)c3ccccc3-c3cccc(-c4ccccc4)c3)cccc21. The molecule has 0 bridgehead atoms. The Morgan fingerprint density at radius 2 is 0.920 bits per heavy atom. The summed E-state index contributed by atoms with van der Waals surface area (Å²) in [4.78, 5) is 2.48. The Kier molecular flexibility index (Phi) is 7.21. The Hall–Kier alpha value is -6.18. The summed E-state index contributed by atoms with van der Waals surface area (Å²) in [6, 6.07) is 68.6. The summed E-state index contributed by atoms with van der Waals surface area (Å²) in [7, 11) is 0. The molecule has 0 saturated carbocycles. The molecule has 0 atom stereocenters. The minimum atomic E-state index is -0.100. The van der Waals surface area contributed by atoms with Crippen molar-refractivity contribution in [3.63, 3.8) is 0 Å². The van der Waals surface area contributed by atoms with E-state index in [-0.39, 0.29) is 5.41 Å². The standard InChI is InChI=1S/C49H37N/c1-49(2)44-22-10-8-21-43(44)48-45(49)23-13-25-47(48)50(41-30-28-36(29-31-41)39-27-26-35-16-6-7-17-37(35)32-39)46-24-11-9-20-42(46)40-19-12-18-38(33-40)34-14-4-3-5-15-34/h3-33H,1-2H3. The van der Waals surface area contributed by atoms with E-state index in [9.17, 15) is 0 Å². The predicted molar refractivity (Wildman–Crippen MR) is 213 cm³/mol. The van der Waals surface area contributed by atoms with Crippen LogP contribution in [0.2, 0.25) is 0 Å². The second-order valence-corrected chi connectivity index (χ2v) is 13.8. The Labute approximate surface area is 294 Å². The molecule has 8 aromatic rings. The van der Waals surface area contributed by atoms with Crippen molar-refractivity contribution in [1.82, 2.24) is 0 Å². The highest BCUT2D eigenvalue weighted by atomic mass is 15.1. The average molecular weight is 640 g/mol. The van der Waals surface area contributed by atoms with Gasteiger partial charge < -0.3 is 4.90 Å². The van der Waals surface area contributed by atoms with Gasteiger partial charge in [-0.1, -0.05) is 166 Å². The molecule has 0 radical (unpaired) electrons. The molecule has 0 unspecified atom stereocenters. The van der Waals surface area contributed by atoms with Crippen LogP contribution in [-0.4, -0.2) is 0 Å². The molecule has 1 nitrogen and oxygen atoms in total. The molecule has 1 heteroatoms. The zero-order chi connectivity index (χ0) is 33.7. The molecule has 0 amide bonds. The smallest absolute Gasteiger partial charge is 0.0543 e. The molecule has 0 fully saturated rings. The zero-order valence-electron chi connectivity index (χ0n) is 28.3. The molecule has 238 valence electrons. The number of rotatable bonds is 6. The van der Waals surface area contributed by atoms with Crippen LogP contribution in [0, 0.1) is 0 Å². The van der Waals surface area contributed by atoms with Gasteiger partial charge in [0.25, 0.3) is 0 Å². The molecule has 1 aliphatic rings. The molecule has 0 saturated heterocycles. The van der Waals surface area contributed by atoms with Crippen molar-refractivity contribution >= 4 is 27.8 Å². The highest BCUT2D eigenvalue weighted by Crippen LogP contribution is 2.55. The van der Waals surface area contributed by atoms with Gasteiger partial charge in [0.15, 0.2) is 0 Å². The first-order chi connectivity index (χ1) is 24.6. The minimum absolute atomic E-state index is 0.100. The van der Waals surface area contributed by atoms with Crippen molar-refractivity contribution in [2.45, 2.75) is 19.3 Å². The van der Waals surface area contributed by atoms with Crippen molar-refractivity contribution in [1.29, 1.82) is 0 Å². The van der Waals surface area contributed by atoms with Crippen molar-refractivity contribution < 1.29 is 0 Å². The van der Waals surface area contributed by atoms with E-state index in [1.165, 1.54) is 72.1 Å². The topological polar surface area (TPSA) is 3.24 Å². The van der Waals surface area contributed by atoms with Crippen molar-refractivity contribution in [2.75, 3.05) is 4.90 Å². The van der Waals surface area contributed by atoms with E-state index in [1.807, 2.05) is 0 Å². The Morgan fingerprint density at radius 1 is 0.360 bits per heavy atom. The van der Waals surface area contributed by atoms with Crippen molar-refractivity contribution in [2.24, 2.45) is 0 Å². The van der Waals surface area contributed by atoms with Gasteiger partial charge in [0.05, 0.1) is 11.4 Å². The summed E-state index contributed by atoms with van der Waals surface area (Å²) in [5.74, 6) is 0. The van der Waals surface area contributed by atoms with Crippen LogP contribution >= 0.6 is 0 Å². The molecule has 0 heterocycles. The van der Waals surface area contributed by atoms with Crippen LogP contribution in [0.1, 0.15) is 25.0 Å². The third kappa shape index (κ3) is 5.02. The maximum absolute atomic E-state index is 2.48. The monoisotopic (exact) mass is 639 g/mol. The summed E-state index contributed by atoms with van der Waals surface area (Å²) < 4.78 is 0. The van der Waals surface area contributed by atoms with Gasteiger partial charge in [-0.3, -0.25) is 0 Å². The molecule has 1 aliphatic carbocycles. The second kappa shape index (κ2) is 12.1. The molecule has 0 spiro atoms. The zero-order valence-corrected chi connectivity index (χ0v) is 28.3. The molecule has 50 heavy (non-hydrogen) atoms. The van der Waals surface area contributed by atoms with Crippen LogP contribution in [0.25, 0.3) is 55.3 Å². The fraction of sp³-hybridized carbons (Fsp3) is 0.0612. The number of benzene rings is 8. The van der Waals surface area contributed by atoms with Crippen LogP contribution in [0.5, 0.6) is 0 Å². The number of fused-ring (bicyclic) bond motifs is 4. The number of hydrogen-bond acceptors (Lipinski definition) is 1. The molecule has 8 aromatic carbocycles. The lowest BCUT2D eigenvalue weighted by Gasteiger charge is -2.30. The van der Waals surface area contributed by atoms with E-state index in [1.54, 1.807) is 0 Å². The molecular weight excluding hydrogens is 603 g/mol. The maximum Gasteiger partial charge on any atom is 0.0543 e. The van der Waals surface area contributed by atoms with Crippen LogP contribution in [0.4, 0.5) is 17.1 Å². The summed E-state index contributed by atoms with van der Waals surface area (Å²) >= 11 is 0. The third-order valence-corrected chi connectivity index (χ3v) is 10.5. The molecule has 0 N–H and O–H groups in total. The van der Waals surface area contributed by atoms with E-state index in [0.29, 0.717) is 0 Å². The lowest BCUT2D eigenvalue weighted by Crippen LogP contribution is -2.16. The largest absolute Gasteiger partial charge is 0.309 e. The lowest BCUT2D eigenvalue weighted by atomic mass is 9.82. The van der Waals surface area contributed by atoms with E-state index in [4.69, 9.17) is 0 Å². The van der Waals surface area contributed by atoms with Gasteiger partial charge in [-0.15, -0.1) is 0 Å². The van der Waals surface area contributed by atoms with Gasteiger partial charge in [-0.2, -0.15) is 0 Å². The fourth-order valence-electron chi connectivity index (χ4n) is 7.91. The minimum Gasteiger partial charge on any atom is -0.309 e. The maximum atomic E-state index is 2.48. The molecular formula is C49H37N. The quantitative estimate of drug-likeness (QED) is 0.175. The molecule has 0 aromatic heterocycles. The third-order valence-electron chi connectivity index (χ3n) is 10.5. The highest BCUT2D eigenvalue weighted by molar-refractivity contribution is 5.98. The summed E-state index contributed by atoms with van der Waals surface area (Å²) in [5, 5.41) is 2.51. The number of para-hydroxylation sites is 1. The average Bonchev–Trinajstić information content (AvgIpc) is 3.42. The van der Waals surface area contributed by atoms with E-state index >= 15 is 0 Å². The number of hydrogen-bond donors (Lipinski definition) is 0. The fourth-order valence-corrected chi connectivity index (χ4v) is 7.91. The van der Waals surface area contributed by atoms with E-state index < -0.39 is 0 Å². The second-order valence-electron chi connectivity index (χ2n) is 13.8. The normalized spacial score (nSPS) is 12.8. The van der Waals surface area contributed by atoms with Gasteiger partial charge in [0.2, 0.25) is 0 Å². The van der Waals surface area contributed by atoms with Crippen LogP contribution in [0.15, 0.2) is 188 Å². The highest BCUT2D eigenvalue weighted by Gasteiger charge is 2.37. The van der Waals surface area contributed by atoms with Gasteiger partial charge in [0, 0.05) is 22.2 Å². The lowest BCUT2D eigenvalue weighted by molar-refractivity contribution is 0.660. The summed E-state index contributed by atoms with van der Waals surface area (Å²) in [6.45, 7) is 4.71. The number of nitrogens with zero attached hydrogens (tertiary/aromatic N) is 1. The van der Waals surface area contributed by atoms with Crippen LogP contribution in [-0.2, 0) is 5.41 Å². The van der Waals surface area contributed by atoms with Gasteiger partial charge in [-0.25, -0.2) is 0 Å².